The molecule has 0 bridgehead atoms. The second kappa shape index (κ2) is 4.47. The summed E-state index contributed by atoms with van der Waals surface area (Å²) in [4.78, 5) is 5.65. The van der Waals surface area contributed by atoms with Gasteiger partial charge in [-0.1, -0.05) is 18.2 Å². The molecule has 0 saturated heterocycles. The number of nitrogens with one attached hydrogen (secondary N) is 1. The maximum atomic E-state index is 4.39. The van der Waals surface area contributed by atoms with Crippen molar-refractivity contribution in [3.63, 3.8) is 0 Å². The van der Waals surface area contributed by atoms with Crippen molar-refractivity contribution in [3.8, 4) is 0 Å². The molecule has 2 aromatic heterocycles. The summed E-state index contributed by atoms with van der Waals surface area (Å²) in [6.45, 7) is 0.734. The first-order valence-electron chi connectivity index (χ1n) is 5.27. The Kier molecular flexibility index (Phi) is 2.67. The van der Waals surface area contributed by atoms with Gasteiger partial charge < -0.3 is 5.32 Å². The lowest BCUT2D eigenvalue weighted by atomic mass is 10.3. The fraction of sp³-hybridized carbons (Fsp3) is 0.0833. The maximum absolute atomic E-state index is 4.39. The van der Waals surface area contributed by atoms with Gasteiger partial charge in [0, 0.05) is 4.88 Å². The van der Waals surface area contributed by atoms with E-state index in [1.807, 2.05) is 30.3 Å². The van der Waals surface area contributed by atoms with Gasteiger partial charge in [0.2, 0.25) is 5.95 Å². The van der Waals surface area contributed by atoms with Crippen LogP contribution in [0.5, 0.6) is 0 Å². The zero-order chi connectivity index (χ0) is 11.5. The van der Waals surface area contributed by atoms with Gasteiger partial charge in [-0.15, -0.1) is 21.5 Å². The summed E-state index contributed by atoms with van der Waals surface area (Å²) in [6.07, 6.45) is 0. The van der Waals surface area contributed by atoms with E-state index in [4.69, 9.17) is 0 Å². The number of para-hydroxylation sites is 1. The Hall–Kier alpha value is -2.01. The number of benzene rings is 1. The minimum absolute atomic E-state index is 0.567. The largest absolute Gasteiger partial charge is 0.348 e. The van der Waals surface area contributed by atoms with Crippen LogP contribution in [-0.4, -0.2) is 15.2 Å². The van der Waals surface area contributed by atoms with E-state index in [1.165, 1.54) is 4.88 Å². The molecule has 1 aromatic carbocycles. The van der Waals surface area contributed by atoms with Crippen molar-refractivity contribution in [1.82, 2.24) is 15.2 Å². The van der Waals surface area contributed by atoms with Crippen molar-refractivity contribution >= 4 is 28.3 Å². The molecule has 0 fully saturated rings. The highest BCUT2D eigenvalue weighted by Gasteiger charge is 2.00. The van der Waals surface area contributed by atoms with Gasteiger partial charge in [-0.25, -0.2) is 4.98 Å². The molecular weight excluding hydrogens is 232 g/mol. The van der Waals surface area contributed by atoms with Gasteiger partial charge in [-0.05, 0) is 23.6 Å². The molecule has 3 rings (SSSR count). The molecular formula is C12H10N4S. The molecule has 0 atom stereocenters. The zero-order valence-corrected chi connectivity index (χ0v) is 9.81. The van der Waals surface area contributed by atoms with Crippen molar-refractivity contribution in [2.45, 2.75) is 6.54 Å². The number of thiophene rings is 1. The Morgan fingerprint density at radius 3 is 2.71 bits per heavy atom. The standard InChI is InChI=1S/C12H10N4S/c1-2-6-11-10(5-1)14-12(16-15-11)13-8-9-4-3-7-17-9/h1-7H,8H2,(H,13,14,16). The average Bonchev–Trinajstić information content (AvgIpc) is 2.89. The third-order valence-corrected chi connectivity index (χ3v) is 3.24. The van der Waals surface area contributed by atoms with E-state index in [-0.39, 0.29) is 0 Å². The lowest BCUT2D eigenvalue weighted by molar-refractivity contribution is 0.990. The van der Waals surface area contributed by atoms with E-state index in [2.05, 4.69) is 31.9 Å². The van der Waals surface area contributed by atoms with Crippen LogP contribution in [-0.2, 0) is 6.54 Å². The molecule has 0 aliphatic carbocycles. The third-order valence-electron chi connectivity index (χ3n) is 2.36. The van der Waals surface area contributed by atoms with E-state index in [9.17, 15) is 0 Å². The normalized spacial score (nSPS) is 10.6. The lowest BCUT2D eigenvalue weighted by Crippen LogP contribution is -2.03. The van der Waals surface area contributed by atoms with Gasteiger partial charge in [0.25, 0.3) is 0 Å². The van der Waals surface area contributed by atoms with Crippen LogP contribution in [0.15, 0.2) is 41.8 Å². The minimum atomic E-state index is 0.567. The highest BCUT2D eigenvalue weighted by atomic mass is 32.1. The SMILES string of the molecule is c1csc(CNc2nnc3ccccc3n2)c1. The van der Waals surface area contributed by atoms with Crippen LogP contribution < -0.4 is 5.32 Å². The van der Waals surface area contributed by atoms with E-state index < -0.39 is 0 Å². The van der Waals surface area contributed by atoms with Crippen molar-refractivity contribution in [2.75, 3.05) is 5.32 Å². The lowest BCUT2D eigenvalue weighted by Gasteiger charge is -2.02. The summed E-state index contributed by atoms with van der Waals surface area (Å²) < 4.78 is 0. The zero-order valence-electron chi connectivity index (χ0n) is 9.00. The highest BCUT2D eigenvalue weighted by Crippen LogP contribution is 2.12. The van der Waals surface area contributed by atoms with Crippen LogP contribution in [0.2, 0.25) is 0 Å². The Bertz CT molecular complexity index is 621. The fourth-order valence-electron chi connectivity index (χ4n) is 1.54. The monoisotopic (exact) mass is 242 g/mol. The summed E-state index contributed by atoms with van der Waals surface area (Å²) in [5.74, 6) is 0.567. The molecule has 3 aromatic rings. The Morgan fingerprint density at radius 1 is 1.00 bits per heavy atom. The highest BCUT2D eigenvalue weighted by molar-refractivity contribution is 7.09. The second-order valence-electron chi connectivity index (χ2n) is 3.56. The van der Waals surface area contributed by atoms with Gasteiger partial charge in [0.15, 0.2) is 0 Å². The molecule has 0 radical (unpaired) electrons. The fourth-order valence-corrected chi connectivity index (χ4v) is 2.18. The first-order valence-corrected chi connectivity index (χ1v) is 6.15. The predicted molar refractivity (Wildman–Crippen MR) is 69.0 cm³/mol. The van der Waals surface area contributed by atoms with Crippen LogP contribution in [0.3, 0.4) is 0 Å². The van der Waals surface area contributed by atoms with Crippen LogP contribution >= 0.6 is 11.3 Å². The number of rotatable bonds is 3. The Morgan fingerprint density at radius 2 is 1.88 bits per heavy atom. The number of hydrogen-bond acceptors (Lipinski definition) is 5. The Labute approximate surface area is 102 Å². The van der Waals surface area contributed by atoms with Crippen molar-refractivity contribution in [3.05, 3.63) is 46.7 Å². The average molecular weight is 242 g/mol. The van der Waals surface area contributed by atoms with Crippen molar-refractivity contribution < 1.29 is 0 Å². The van der Waals surface area contributed by atoms with Gasteiger partial charge in [0.05, 0.1) is 12.1 Å². The molecule has 1 N–H and O–H groups in total. The molecule has 0 saturated carbocycles. The molecule has 0 aliphatic rings. The molecule has 4 nitrogen and oxygen atoms in total. The Balaban J connectivity index is 1.81. The van der Waals surface area contributed by atoms with E-state index in [0.717, 1.165) is 17.6 Å². The molecule has 2 heterocycles. The quantitative estimate of drug-likeness (QED) is 0.767. The summed E-state index contributed by atoms with van der Waals surface area (Å²) >= 11 is 1.71. The molecule has 0 aliphatic heterocycles. The van der Waals surface area contributed by atoms with Crippen LogP contribution in [0, 0.1) is 0 Å². The van der Waals surface area contributed by atoms with Crippen LogP contribution in [0.25, 0.3) is 11.0 Å². The summed E-state index contributed by atoms with van der Waals surface area (Å²) in [6, 6.07) is 11.8. The number of nitrogens with zero attached hydrogens (tertiary/aromatic N) is 3. The van der Waals surface area contributed by atoms with Gasteiger partial charge in [-0.3, -0.25) is 0 Å². The molecule has 84 valence electrons. The number of fused-ring (bicyclic) bond motifs is 1. The summed E-state index contributed by atoms with van der Waals surface area (Å²) in [5, 5.41) is 13.4. The van der Waals surface area contributed by atoms with Gasteiger partial charge in [0.1, 0.15) is 5.52 Å². The molecule has 0 spiro atoms. The topological polar surface area (TPSA) is 50.7 Å². The first-order chi connectivity index (χ1) is 8.42. The summed E-state index contributed by atoms with van der Waals surface area (Å²) in [5.41, 5.74) is 1.67. The second-order valence-corrected chi connectivity index (χ2v) is 4.59. The van der Waals surface area contributed by atoms with Crippen LogP contribution in [0.4, 0.5) is 5.95 Å². The first kappa shape index (κ1) is 10.2. The molecule has 0 unspecified atom stereocenters. The minimum Gasteiger partial charge on any atom is -0.348 e. The van der Waals surface area contributed by atoms with Gasteiger partial charge in [-0.2, -0.15) is 0 Å². The number of anilines is 1. The maximum Gasteiger partial charge on any atom is 0.243 e. The van der Waals surface area contributed by atoms with Crippen molar-refractivity contribution in [2.24, 2.45) is 0 Å². The number of hydrogen-bond donors (Lipinski definition) is 1. The molecule has 0 amide bonds. The van der Waals surface area contributed by atoms with Crippen molar-refractivity contribution in [1.29, 1.82) is 0 Å². The smallest absolute Gasteiger partial charge is 0.243 e. The van der Waals surface area contributed by atoms with E-state index in [1.54, 1.807) is 11.3 Å². The number of aromatic nitrogens is 3. The van der Waals surface area contributed by atoms with Crippen LogP contribution in [0.1, 0.15) is 4.88 Å². The third kappa shape index (κ3) is 2.24. The molecule has 5 heteroatoms. The van der Waals surface area contributed by atoms with E-state index >= 15 is 0 Å². The summed E-state index contributed by atoms with van der Waals surface area (Å²) in [7, 11) is 0. The molecule has 17 heavy (non-hydrogen) atoms. The van der Waals surface area contributed by atoms with Gasteiger partial charge >= 0.3 is 0 Å². The van der Waals surface area contributed by atoms with E-state index in [0.29, 0.717) is 5.95 Å². The predicted octanol–water partition coefficient (Wildman–Crippen LogP) is 2.70.